The molecular formula is C19H18ClN3O2. The van der Waals surface area contributed by atoms with Crippen molar-refractivity contribution < 1.29 is 9.59 Å². The van der Waals surface area contributed by atoms with Crippen molar-refractivity contribution in [2.75, 3.05) is 36.4 Å². The Kier molecular flexibility index (Phi) is 4.09. The number of hydrogen-bond acceptors (Lipinski definition) is 3. The first-order valence-corrected chi connectivity index (χ1v) is 8.70. The second-order valence-corrected chi connectivity index (χ2v) is 6.79. The van der Waals surface area contributed by atoms with Crippen LogP contribution >= 0.6 is 11.6 Å². The summed E-state index contributed by atoms with van der Waals surface area (Å²) < 4.78 is 0. The average molecular weight is 356 g/mol. The first kappa shape index (κ1) is 16.0. The largest absolute Gasteiger partial charge is 0.368 e. The zero-order chi connectivity index (χ0) is 17.4. The van der Waals surface area contributed by atoms with E-state index in [0.29, 0.717) is 30.1 Å². The van der Waals surface area contributed by atoms with Gasteiger partial charge in [0.1, 0.15) is 0 Å². The van der Waals surface area contributed by atoms with Gasteiger partial charge in [0.2, 0.25) is 5.91 Å². The Labute approximate surface area is 151 Å². The van der Waals surface area contributed by atoms with Gasteiger partial charge in [-0.25, -0.2) is 0 Å². The Bertz CT molecular complexity index is 827. The van der Waals surface area contributed by atoms with Crippen molar-refractivity contribution in [3.05, 3.63) is 58.6 Å². The number of hydrogen-bond donors (Lipinski definition) is 1. The van der Waals surface area contributed by atoms with E-state index in [2.05, 4.69) is 16.3 Å². The third-order valence-corrected chi connectivity index (χ3v) is 4.99. The maximum atomic E-state index is 12.6. The third-order valence-electron chi connectivity index (χ3n) is 4.74. The molecule has 2 aliphatic rings. The first-order valence-electron chi connectivity index (χ1n) is 8.33. The van der Waals surface area contributed by atoms with E-state index in [1.807, 2.05) is 17.0 Å². The van der Waals surface area contributed by atoms with E-state index in [-0.39, 0.29) is 11.8 Å². The molecule has 25 heavy (non-hydrogen) atoms. The van der Waals surface area contributed by atoms with Crippen LogP contribution in [0.3, 0.4) is 0 Å². The molecule has 4 rings (SSSR count). The molecule has 1 N–H and O–H groups in total. The lowest BCUT2D eigenvalue weighted by Crippen LogP contribution is -2.48. The normalized spacial score (nSPS) is 16.6. The Morgan fingerprint density at radius 1 is 1.00 bits per heavy atom. The molecule has 0 aliphatic carbocycles. The summed E-state index contributed by atoms with van der Waals surface area (Å²) in [4.78, 5) is 28.2. The van der Waals surface area contributed by atoms with E-state index >= 15 is 0 Å². The van der Waals surface area contributed by atoms with E-state index in [4.69, 9.17) is 11.6 Å². The minimum Gasteiger partial charge on any atom is -0.368 e. The lowest BCUT2D eigenvalue weighted by molar-refractivity contribution is -0.115. The lowest BCUT2D eigenvalue weighted by atomic mass is 10.1. The quantitative estimate of drug-likeness (QED) is 0.901. The minimum absolute atomic E-state index is 0.0417. The third kappa shape index (κ3) is 3.20. The smallest absolute Gasteiger partial charge is 0.253 e. The van der Waals surface area contributed by atoms with Crippen LogP contribution in [0, 0.1) is 0 Å². The number of carbonyl (C=O) groups is 2. The van der Waals surface area contributed by atoms with Gasteiger partial charge in [0.05, 0.1) is 6.42 Å². The molecule has 128 valence electrons. The molecule has 0 bridgehead atoms. The number of benzene rings is 2. The molecular weight excluding hydrogens is 338 g/mol. The number of rotatable bonds is 2. The number of amides is 2. The number of halogens is 1. The fourth-order valence-corrected chi connectivity index (χ4v) is 3.48. The van der Waals surface area contributed by atoms with Gasteiger partial charge >= 0.3 is 0 Å². The molecule has 2 aromatic carbocycles. The van der Waals surface area contributed by atoms with Crippen LogP contribution in [0.2, 0.25) is 5.02 Å². The molecule has 0 radical (unpaired) electrons. The number of piperazine rings is 1. The van der Waals surface area contributed by atoms with Gasteiger partial charge in [0.25, 0.3) is 5.91 Å². The predicted molar refractivity (Wildman–Crippen MR) is 98.3 cm³/mol. The lowest BCUT2D eigenvalue weighted by Gasteiger charge is -2.36. The number of nitrogens with zero attached hydrogens (tertiary/aromatic N) is 2. The van der Waals surface area contributed by atoms with Crippen molar-refractivity contribution in [1.82, 2.24) is 4.90 Å². The van der Waals surface area contributed by atoms with Crippen LogP contribution < -0.4 is 10.2 Å². The summed E-state index contributed by atoms with van der Waals surface area (Å²) in [5.41, 5.74) is 3.72. The summed E-state index contributed by atoms with van der Waals surface area (Å²) in [6.07, 6.45) is 0.443. The van der Waals surface area contributed by atoms with Crippen LogP contribution in [0.5, 0.6) is 0 Å². The van der Waals surface area contributed by atoms with Crippen LogP contribution in [0.15, 0.2) is 42.5 Å². The first-order chi connectivity index (χ1) is 12.1. The Balaban J connectivity index is 1.42. The summed E-state index contributed by atoms with van der Waals surface area (Å²) in [6.45, 7) is 2.91. The summed E-state index contributed by atoms with van der Waals surface area (Å²) in [7, 11) is 0. The molecule has 5 nitrogen and oxygen atoms in total. The summed E-state index contributed by atoms with van der Waals surface area (Å²) >= 11 is 5.88. The standard InChI is InChI=1S/C19H18ClN3O2/c20-15-3-1-13(2-4-15)19(25)23-9-7-22(8-10-23)16-5-6-17-14(11-16)12-18(24)21-17/h1-6,11H,7-10,12H2,(H,21,24). The molecule has 0 unspecified atom stereocenters. The van der Waals surface area contributed by atoms with Crippen LogP contribution in [0.25, 0.3) is 0 Å². The van der Waals surface area contributed by atoms with E-state index in [1.54, 1.807) is 24.3 Å². The Hall–Kier alpha value is -2.53. The number of carbonyl (C=O) groups excluding carboxylic acids is 2. The van der Waals surface area contributed by atoms with Gasteiger partial charge < -0.3 is 15.1 Å². The molecule has 1 fully saturated rings. The van der Waals surface area contributed by atoms with Crippen LogP contribution in [-0.4, -0.2) is 42.9 Å². The minimum atomic E-state index is 0.0417. The summed E-state index contributed by atoms with van der Waals surface area (Å²) in [6, 6.07) is 13.1. The van der Waals surface area contributed by atoms with Gasteiger partial charge in [-0.05, 0) is 48.0 Å². The van der Waals surface area contributed by atoms with Crippen molar-refractivity contribution in [2.24, 2.45) is 0 Å². The molecule has 1 saturated heterocycles. The zero-order valence-electron chi connectivity index (χ0n) is 13.7. The monoisotopic (exact) mass is 355 g/mol. The van der Waals surface area contributed by atoms with Gasteiger partial charge in [-0.3, -0.25) is 9.59 Å². The van der Waals surface area contributed by atoms with Gasteiger partial charge in [-0.1, -0.05) is 11.6 Å². The van der Waals surface area contributed by atoms with Crippen LogP contribution in [0.4, 0.5) is 11.4 Å². The number of anilines is 2. The topological polar surface area (TPSA) is 52.7 Å². The van der Waals surface area contributed by atoms with Crippen molar-refractivity contribution in [2.45, 2.75) is 6.42 Å². The fourth-order valence-electron chi connectivity index (χ4n) is 3.36. The highest BCUT2D eigenvalue weighted by atomic mass is 35.5. The van der Waals surface area contributed by atoms with Gasteiger partial charge in [0.15, 0.2) is 0 Å². The highest BCUT2D eigenvalue weighted by Crippen LogP contribution is 2.28. The highest BCUT2D eigenvalue weighted by molar-refractivity contribution is 6.30. The number of fused-ring (bicyclic) bond motifs is 1. The fraction of sp³-hybridized carbons (Fsp3) is 0.263. The maximum absolute atomic E-state index is 12.6. The second-order valence-electron chi connectivity index (χ2n) is 6.35. The predicted octanol–water partition coefficient (Wildman–Crippen LogP) is 2.80. The molecule has 0 saturated carbocycles. The van der Waals surface area contributed by atoms with E-state index in [1.165, 1.54) is 0 Å². The van der Waals surface area contributed by atoms with Gasteiger partial charge in [-0.15, -0.1) is 0 Å². The van der Waals surface area contributed by atoms with Gasteiger partial charge in [-0.2, -0.15) is 0 Å². The summed E-state index contributed by atoms with van der Waals surface area (Å²) in [5.74, 6) is 0.0885. The van der Waals surface area contributed by atoms with E-state index in [0.717, 1.165) is 30.0 Å². The molecule has 2 aromatic rings. The average Bonchev–Trinajstić information content (AvgIpc) is 3.01. The van der Waals surface area contributed by atoms with Crippen LogP contribution in [-0.2, 0) is 11.2 Å². The SMILES string of the molecule is O=C1Cc2cc(N3CCN(C(=O)c4ccc(Cl)cc4)CC3)ccc2N1. The van der Waals surface area contributed by atoms with Crippen LogP contribution in [0.1, 0.15) is 15.9 Å². The number of nitrogens with one attached hydrogen (secondary N) is 1. The molecule has 6 heteroatoms. The molecule has 0 aromatic heterocycles. The van der Waals surface area contributed by atoms with E-state index in [9.17, 15) is 9.59 Å². The maximum Gasteiger partial charge on any atom is 0.253 e. The van der Waals surface area contributed by atoms with Gasteiger partial charge in [0, 0.05) is 48.1 Å². The molecule has 2 amide bonds. The van der Waals surface area contributed by atoms with E-state index < -0.39 is 0 Å². The molecule has 2 aliphatic heterocycles. The highest BCUT2D eigenvalue weighted by Gasteiger charge is 2.24. The van der Waals surface area contributed by atoms with Crippen molar-refractivity contribution >= 4 is 34.8 Å². The Morgan fingerprint density at radius 2 is 1.72 bits per heavy atom. The Morgan fingerprint density at radius 3 is 2.44 bits per heavy atom. The van der Waals surface area contributed by atoms with Crippen molar-refractivity contribution in [3.63, 3.8) is 0 Å². The second kappa shape index (κ2) is 6.41. The molecule has 0 spiro atoms. The molecule has 0 atom stereocenters. The van der Waals surface area contributed by atoms with Crippen molar-refractivity contribution in [1.29, 1.82) is 0 Å². The summed E-state index contributed by atoms with van der Waals surface area (Å²) in [5, 5.41) is 3.48. The zero-order valence-corrected chi connectivity index (χ0v) is 14.4. The molecule has 2 heterocycles. The van der Waals surface area contributed by atoms with Crippen molar-refractivity contribution in [3.8, 4) is 0 Å².